The molecule has 0 N–H and O–H groups in total. The van der Waals surface area contributed by atoms with Gasteiger partial charge in [-0.1, -0.05) is 18.2 Å². The second kappa shape index (κ2) is 5.70. The molecule has 0 spiro atoms. The molecule has 0 amide bonds. The summed E-state index contributed by atoms with van der Waals surface area (Å²) in [7, 11) is 1.81. The van der Waals surface area contributed by atoms with Gasteiger partial charge in [-0.05, 0) is 31.5 Å². The molecule has 1 aromatic heterocycles. The second-order valence-corrected chi connectivity index (χ2v) is 4.84. The van der Waals surface area contributed by atoms with Crippen LogP contribution in [0, 0.1) is 31.0 Å². The van der Waals surface area contributed by atoms with Crippen molar-refractivity contribution in [2.75, 3.05) is 11.9 Å². The van der Waals surface area contributed by atoms with Crippen LogP contribution in [0.1, 0.15) is 22.4 Å². The van der Waals surface area contributed by atoms with E-state index in [0.717, 1.165) is 11.3 Å². The minimum atomic E-state index is -0.248. The SMILES string of the molecule is Cc1cc(C)c(C#N)c(N(C)Cc2ccccc2F)n1. The van der Waals surface area contributed by atoms with Crippen molar-refractivity contribution >= 4 is 5.82 Å². The summed E-state index contributed by atoms with van der Waals surface area (Å²) in [6.07, 6.45) is 0. The van der Waals surface area contributed by atoms with Gasteiger partial charge in [-0.15, -0.1) is 0 Å². The van der Waals surface area contributed by atoms with Crippen molar-refractivity contribution in [2.45, 2.75) is 20.4 Å². The lowest BCUT2D eigenvalue weighted by Crippen LogP contribution is -2.20. The molecule has 0 radical (unpaired) electrons. The van der Waals surface area contributed by atoms with Crippen molar-refractivity contribution in [3.63, 3.8) is 0 Å². The zero-order chi connectivity index (χ0) is 14.7. The quantitative estimate of drug-likeness (QED) is 0.858. The summed E-state index contributed by atoms with van der Waals surface area (Å²) in [4.78, 5) is 6.21. The Balaban J connectivity index is 2.37. The van der Waals surface area contributed by atoms with Gasteiger partial charge in [0.2, 0.25) is 0 Å². The maximum absolute atomic E-state index is 13.7. The lowest BCUT2D eigenvalue weighted by Gasteiger charge is -2.21. The number of halogens is 1. The minimum Gasteiger partial charge on any atom is -0.354 e. The van der Waals surface area contributed by atoms with Gasteiger partial charge in [-0.3, -0.25) is 0 Å². The van der Waals surface area contributed by atoms with Crippen molar-refractivity contribution in [3.8, 4) is 6.07 Å². The normalized spacial score (nSPS) is 10.2. The number of hydrogen-bond acceptors (Lipinski definition) is 3. The van der Waals surface area contributed by atoms with Crippen molar-refractivity contribution in [1.29, 1.82) is 5.26 Å². The predicted octanol–water partition coefficient (Wildman–Crippen LogP) is 3.35. The molecule has 0 atom stereocenters. The van der Waals surface area contributed by atoms with E-state index in [1.165, 1.54) is 6.07 Å². The Morgan fingerprint density at radius 3 is 2.65 bits per heavy atom. The van der Waals surface area contributed by atoms with Gasteiger partial charge in [0.15, 0.2) is 0 Å². The second-order valence-electron chi connectivity index (χ2n) is 4.84. The Bertz CT molecular complexity index is 674. The van der Waals surface area contributed by atoms with Gasteiger partial charge in [-0.25, -0.2) is 9.37 Å². The van der Waals surface area contributed by atoms with Crippen molar-refractivity contribution in [1.82, 2.24) is 4.98 Å². The Hall–Kier alpha value is -2.41. The largest absolute Gasteiger partial charge is 0.354 e. The van der Waals surface area contributed by atoms with Crippen LogP contribution in [0.3, 0.4) is 0 Å². The number of hydrogen-bond donors (Lipinski definition) is 0. The van der Waals surface area contributed by atoms with E-state index in [4.69, 9.17) is 0 Å². The van der Waals surface area contributed by atoms with Crippen LogP contribution in [-0.2, 0) is 6.54 Å². The first-order chi connectivity index (χ1) is 9.52. The monoisotopic (exact) mass is 269 g/mol. The number of anilines is 1. The molecule has 0 aliphatic rings. The number of nitrogens with zero attached hydrogens (tertiary/aromatic N) is 3. The fourth-order valence-electron chi connectivity index (χ4n) is 2.19. The van der Waals surface area contributed by atoms with Crippen LogP contribution in [0.25, 0.3) is 0 Å². The van der Waals surface area contributed by atoms with Gasteiger partial charge in [-0.2, -0.15) is 5.26 Å². The Morgan fingerprint density at radius 1 is 1.30 bits per heavy atom. The maximum atomic E-state index is 13.7. The first kappa shape index (κ1) is 14.0. The van der Waals surface area contributed by atoms with Gasteiger partial charge in [0.1, 0.15) is 17.7 Å². The summed E-state index contributed by atoms with van der Waals surface area (Å²) in [5, 5.41) is 9.27. The first-order valence-corrected chi connectivity index (χ1v) is 6.36. The lowest BCUT2D eigenvalue weighted by atomic mass is 10.1. The Kier molecular flexibility index (Phi) is 3.99. The third kappa shape index (κ3) is 2.77. The maximum Gasteiger partial charge on any atom is 0.147 e. The summed E-state index contributed by atoms with van der Waals surface area (Å²) in [6, 6.07) is 10.7. The molecule has 0 aliphatic heterocycles. The molecular formula is C16H16FN3. The Morgan fingerprint density at radius 2 is 2.00 bits per heavy atom. The van der Waals surface area contributed by atoms with E-state index in [1.807, 2.05) is 27.0 Å². The highest BCUT2D eigenvalue weighted by molar-refractivity contribution is 5.57. The van der Waals surface area contributed by atoms with Gasteiger partial charge < -0.3 is 4.90 Å². The molecule has 102 valence electrons. The van der Waals surface area contributed by atoms with Crippen molar-refractivity contribution in [3.05, 3.63) is 58.5 Å². The van der Waals surface area contributed by atoms with Crippen LogP contribution < -0.4 is 4.90 Å². The van der Waals surface area contributed by atoms with E-state index in [2.05, 4.69) is 11.1 Å². The molecule has 3 nitrogen and oxygen atoms in total. The standard InChI is InChI=1S/C16H16FN3/c1-11-8-12(2)19-16(14(11)9-18)20(3)10-13-6-4-5-7-15(13)17/h4-8H,10H2,1-3H3. The molecule has 0 unspecified atom stereocenters. The summed E-state index contributed by atoms with van der Waals surface area (Å²) in [6.45, 7) is 4.14. The average molecular weight is 269 g/mol. The number of pyridine rings is 1. The van der Waals surface area contributed by atoms with E-state index in [-0.39, 0.29) is 5.82 Å². The fraction of sp³-hybridized carbons (Fsp3) is 0.250. The van der Waals surface area contributed by atoms with Crippen LogP contribution in [0.4, 0.5) is 10.2 Å². The molecule has 2 rings (SSSR count). The fourth-order valence-corrected chi connectivity index (χ4v) is 2.19. The number of benzene rings is 1. The van der Waals surface area contributed by atoms with Crippen molar-refractivity contribution in [2.24, 2.45) is 0 Å². The number of aromatic nitrogens is 1. The highest BCUT2D eigenvalue weighted by atomic mass is 19.1. The predicted molar refractivity (Wildman–Crippen MR) is 76.9 cm³/mol. The topological polar surface area (TPSA) is 39.9 Å². The summed E-state index contributed by atoms with van der Waals surface area (Å²) < 4.78 is 13.7. The third-order valence-electron chi connectivity index (χ3n) is 3.16. The smallest absolute Gasteiger partial charge is 0.147 e. The molecule has 0 bridgehead atoms. The van der Waals surface area contributed by atoms with E-state index < -0.39 is 0 Å². The molecule has 0 aliphatic carbocycles. The summed E-state index contributed by atoms with van der Waals surface area (Å²) >= 11 is 0. The van der Waals surface area contributed by atoms with E-state index >= 15 is 0 Å². The van der Waals surface area contributed by atoms with E-state index in [9.17, 15) is 9.65 Å². The number of nitriles is 1. The average Bonchev–Trinajstić information content (AvgIpc) is 2.40. The van der Waals surface area contributed by atoms with Crippen LogP contribution in [0.15, 0.2) is 30.3 Å². The van der Waals surface area contributed by atoms with Crippen LogP contribution >= 0.6 is 0 Å². The molecule has 20 heavy (non-hydrogen) atoms. The van der Waals surface area contributed by atoms with Crippen LogP contribution in [0.2, 0.25) is 0 Å². The molecule has 0 saturated heterocycles. The number of rotatable bonds is 3. The highest BCUT2D eigenvalue weighted by Gasteiger charge is 2.14. The third-order valence-corrected chi connectivity index (χ3v) is 3.16. The molecule has 0 saturated carbocycles. The molecule has 1 aromatic carbocycles. The molecule has 2 aromatic rings. The zero-order valence-corrected chi connectivity index (χ0v) is 11.8. The van der Waals surface area contributed by atoms with Crippen LogP contribution in [0.5, 0.6) is 0 Å². The number of aryl methyl sites for hydroxylation is 2. The lowest BCUT2D eigenvalue weighted by molar-refractivity contribution is 0.607. The molecular weight excluding hydrogens is 253 g/mol. The van der Waals surface area contributed by atoms with Crippen LogP contribution in [-0.4, -0.2) is 12.0 Å². The first-order valence-electron chi connectivity index (χ1n) is 6.36. The van der Waals surface area contributed by atoms with Gasteiger partial charge in [0.25, 0.3) is 0 Å². The van der Waals surface area contributed by atoms with E-state index in [0.29, 0.717) is 23.5 Å². The van der Waals surface area contributed by atoms with Gasteiger partial charge in [0, 0.05) is 24.8 Å². The Labute approximate surface area is 118 Å². The molecule has 1 heterocycles. The van der Waals surface area contributed by atoms with Crippen molar-refractivity contribution < 1.29 is 4.39 Å². The summed E-state index contributed by atoms with van der Waals surface area (Å²) in [5.41, 5.74) is 2.85. The molecule has 0 fully saturated rings. The van der Waals surface area contributed by atoms with E-state index in [1.54, 1.807) is 23.1 Å². The van der Waals surface area contributed by atoms with Gasteiger partial charge in [0.05, 0.1) is 5.56 Å². The summed E-state index contributed by atoms with van der Waals surface area (Å²) in [5.74, 6) is 0.343. The van der Waals surface area contributed by atoms with Gasteiger partial charge >= 0.3 is 0 Å². The minimum absolute atomic E-state index is 0.248. The molecule has 4 heteroatoms. The highest BCUT2D eigenvalue weighted by Crippen LogP contribution is 2.22. The zero-order valence-electron chi connectivity index (χ0n) is 11.8.